The van der Waals surface area contributed by atoms with E-state index >= 15 is 0 Å². The third-order valence-corrected chi connectivity index (χ3v) is 5.36. The van der Waals surface area contributed by atoms with Crippen molar-refractivity contribution in [1.29, 1.82) is 0 Å². The summed E-state index contributed by atoms with van der Waals surface area (Å²) < 4.78 is 11.8. The zero-order chi connectivity index (χ0) is 17.4. The van der Waals surface area contributed by atoms with Crippen LogP contribution in [0.4, 0.5) is 0 Å². The summed E-state index contributed by atoms with van der Waals surface area (Å²) >= 11 is 0. The number of nitrogens with zero attached hydrogens (tertiary/aromatic N) is 1. The molecule has 132 valence electrons. The Labute approximate surface area is 141 Å². The summed E-state index contributed by atoms with van der Waals surface area (Å²) in [7, 11) is 0. The Morgan fingerprint density at radius 1 is 1.26 bits per heavy atom. The number of Topliss-reactive ketones (excluding diaryl/α,β-unsaturated/α-hetero) is 1. The van der Waals surface area contributed by atoms with Gasteiger partial charge in [-0.3, -0.25) is 9.69 Å². The highest BCUT2D eigenvalue weighted by molar-refractivity contribution is 6.03. The minimum absolute atomic E-state index is 0.109. The van der Waals surface area contributed by atoms with Gasteiger partial charge in [0.15, 0.2) is 5.78 Å². The first-order valence-corrected chi connectivity index (χ1v) is 8.91. The molecule has 0 aromatic rings. The fourth-order valence-corrected chi connectivity index (χ4v) is 4.18. The van der Waals surface area contributed by atoms with E-state index in [1.807, 2.05) is 6.92 Å². The Morgan fingerprint density at radius 3 is 2.39 bits per heavy atom. The number of carbonyl (C=O) groups is 1. The van der Waals surface area contributed by atoms with Crippen LogP contribution in [0.5, 0.6) is 0 Å². The highest BCUT2D eigenvalue weighted by Crippen LogP contribution is 2.50. The van der Waals surface area contributed by atoms with Gasteiger partial charge in [0.05, 0.1) is 11.9 Å². The fourth-order valence-electron chi connectivity index (χ4n) is 4.18. The average molecular weight is 323 g/mol. The van der Waals surface area contributed by atoms with Gasteiger partial charge >= 0.3 is 0 Å². The van der Waals surface area contributed by atoms with Crippen LogP contribution in [0.2, 0.25) is 0 Å². The van der Waals surface area contributed by atoms with Gasteiger partial charge in [0, 0.05) is 30.1 Å². The SMILES string of the molecule is CC(C)N(CCO/C=C1\C(=O)C2(C)CCC1C(C)(C)O2)C(C)C. The van der Waals surface area contributed by atoms with E-state index in [1.165, 1.54) is 0 Å². The molecule has 3 aliphatic rings. The maximum absolute atomic E-state index is 12.7. The predicted octanol–water partition coefficient (Wildman–Crippen LogP) is 3.55. The molecule has 1 aliphatic carbocycles. The number of hydrogen-bond donors (Lipinski definition) is 0. The molecule has 2 heterocycles. The van der Waals surface area contributed by atoms with Gasteiger partial charge in [-0.25, -0.2) is 0 Å². The van der Waals surface area contributed by atoms with Crippen LogP contribution < -0.4 is 0 Å². The molecule has 0 aromatic carbocycles. The molecule has 0 aromatic heterocycles. The van der Waals surface area contributed by atoms with E-state index in [9.17, 15) is 4.79 Å². The van der Waals surface area contributed by atoms with Crippen LogP contribution in [-0.2, 0) is 14.3 Å². The van der Waals surface area contributed by atoms with Crippen molar-refractivity contribution in [3.63, 3.8) is 0 Å². The highest BCUT2D eigenvalue weighted by atomic mass is 16.5. The van der Waals surface area contributed by atoms with E-state index in [0.717, 1.165) is 25.0 Å². The number of ether oxygens (including phenoxy) is 2. The Balaban J connectivity index is 2.01. The molecule has 2 bridgehead atoms. The predicted molar refractivity (Wildman–Crippen MR) is 92.3 cm³/mol. The standard InChI is InChI=1S/C19H33NO3/c1-13(2)20(14(3)4)10-11-22-12-15-16-8-9-19(7,17(15)21)23-18(16,5)6/h12-14,16H,8-11H2,1-7H3/b15-12-. The van der Waals surface area contributed by atoms with Gasteiger partial charge in [-0.1, -0.05) is 0 Å². The van der Waals surface area contributed by atoms with Crippen LogP contribution in [0.1, 0.15) is 61.3 Å². The molecule has 0 amide bonds. The van der Waals surface area contributed by atoms with Gasteiger partial charge < -0.3 is 9.47 Å². The van der Waals surface area contributed by atoms with Gasteiger partial charge in [0.25, 0.3) is 0 Å². The van der Waals surface area contributed by atoms with E-state index in [1.54, 1.807) is 6.26 Å². The first-order valence-electron chi connectivity index (χ1n) is 8.91. The van der Waals surface area contributed by atoms with Gasteiger partial charge in [0.2, 0.25) is 0 Å². The molecule has 23 heavy (non-hydrogen) atoms. The van der Waals surface area contributed by atoms with E-state index < -0.39 is 5.60 Å². The molecule has 4 heteroatoms. The molecule has 2 unspecified atom stereocenters. The summed E-state index contributed by atoms with van der Waals surface area (Å²) in [6.07, 6.45) is 3.52. The number of hydrogen-bond acceptors (Lipinski definition) is 4. The van der Waals surface area contributed by atoms with Crippen LogP contribution in [-0.4, -0.2) is 47.1 Å². The monoisotopic (exact) mass is 323 g/mol. The second kappa shape index (κ2) is 6.56. The van der Waals surface area contributed by atoms with Crippen molar-refractivity contribution in [3.8, 4) is 0 Å². The molecule has 0 radical (unpaired) electrons. The minimum atomic E-state index is -0.671. The van der Waals surface area contributed by atoms with Crippen LogP contribution in [0.15, 0.2) is 11.8 Å². The average Bonchev–Trinajstić information content (AvgIpc) is 2.40. The normalized spacial score (nSPS) is 31.7. The van der Waals surface area contributed by atoms with Crippen molar-refractivity contribution < 1.29 is 14.3 Å². The second-order valence-electron chi connectivity index (χ2n) is 8.23. The third-order valence-electron chi connectivity index (χ3n) is 5.36. The zero-order valence-corrected chi connectivity index (χ0v) is 15.8. The number of rotatable bonds is 6. The van der Waals surface area contributed by atoms with Crippen LogP contribution in [0, 0.1) is 5.92 Å². The van der Waals surface area contributed by atoms with Crippen LogP contribution in [0.25, 0.3) is 0 Å². The topological polar surface area (TPSA) is 38.8 Å². The summed E-state index contributed by atoms with van der Waals surface area (Å²) in [5.74, 6) is 0.251. The largest absolute Gasteiger partial charge is 0.499 e. The fraction of sp³-hybridized carbons (Fsp3) is 0.842. The van der Waals surface area contributed by atoms with E-state index in [-0.39, 0.29) is 17.3 Å². The minimum Gasteiger partial charge on any atom is -0.499 e. The van der Waals surface area contributed by atoms with Crippen molar-refractivity contribution in [2.45, 2.75) is 84.6 Å². The summed E-state index contributed by atoms with van der Waals surface area (Å²) in [5, 5.41) is 0. The van der Waals surface area contributed by atoms with Crippen molar-refractivity contribution in [2.75, 3.05) is 13.2 Å². The molecule has 0 spiro atoms. The molecule has 2 aliphatic heterocycles. The lowest BCUT2D eigenvalue weighted by atomic mass is 9.65. The number of fused-ring (bicyclic) bond motifs is 3. The Bertz CT molecular complexity index is 473. The maximum Gasteiger partial charge on any atom is 0.193 e. The zero-order valence-electron chi connectivity index (χ0n) is 15.8. The second-order valence-corrected chi connectivity index (χ2v) is 8.23. The summed E-state index contributed by atoms with van der Waals surface area (Å²) in [6, 6.07) is 0.981. The van der Waals surface area contributed by atoms with Gasteiger partial charge in [-0.2, -0.15) is 0 Å². The lowest BCUT2D eigenvalue weighted by Crippen LogP contribution is -2.60. The smallest absolute Gasteiger partial charge is 0.193 e. The highest BCUT2D eigenvalue weighted by Gasteiger charge is 2.56. The van der Waals surface area contributed by atoms with Gasteiger partial charge in [-0.15, -0.1) is 0 Å². The lowest BCUT2D eigenvalue weighted by molar-refractivity contribution is -0.207. The molecule has 0 N–H and O–H groups in total. The first kappa shape index (κ1) is 18.5. The molecule has 1 saturated carbocycles. The lowest BCUT2D eigenvalue weighted by Gasteiger charge is -2.53. The van der Waals surface area contributed by atoms with Gasteiger partial charge in [0.1, 0.15) is 12.2 Å². The van der Waals surface area contributed by atoms with Gasteiger partial charge in [-0.05, 0) is 61.3 Å². The molecule has 4 nitrogen and oxygen atoms in total. The molecule has 2 saturated heterocycles. The summed E-state index contributed by atoms with van der Waals surface area (Å²) in [6.45, 7) is 16.3. The molecule has 2 atom stereocenters. The first-order chi connectivity index (χ1) is 10.6. The van der Waals surface area contributed by atoms with Crippen molar-refractivity contribution in [1.82, 2.24) is 4.90 Å². The number of ketones is 1. The molecule has 3 rings (SSSR count). The van der Waals surface area contributed by atoms with Crippen molar-refractivity contribution in [3.05, 3.63) is 11.8 Å². The van der Waals surface area contributed by atoms with E-state index in [0.29, 0.717) is 18.7 Å². The van der Waals surface area contributed by atoms with Crippen LogP contribution in [0.3, 0.4) is 0 Å². The Morgan fingerprint density at radius 2 is 1.87 bits per heavy atom. The Kier molecular flexibility index (Phi) is 5.27. The number of carbonyl (C=O) groups excluding carboxylic acids is 1. The summed E-state index contributed by atoms with van der Waals surface area (Å²) in [5.41, 5.74) is -0.150. The van der Waals surface area contributed by atoms with E-state index in [2.05, 4.69) is 46.4 Å². The quantitative estimate of drug-likeness (QED) is 0.426. The van der Waals surface area contributed by atoms with Crippen LogP contribution >= 0.6 is 0 Å². The van der Waals surface area contributed by atoms with E-state index in [4.69, 9.17) is 9.47 Å². The molecular formula is C19H33NO3. The third kappa shape index (κ3) is 3.63. The molecular weight excluding hydrogens is 290 g/mol. The maximum atomic E-state index is 12.7. The van der Waals surface area contributed by atoms with Crippen molar-refractivity contribution >= 4 is 5.78 Å². The summed E-state index contributed by atoms with van der Waals surface area (Å²) in [4.78, 5) is 15.0. The van der Waals surface area contributed by atoms with Crippen molar-refractivity contribution in [2.24, 2.45) is 5.92 Å². The molecule has 3 fully saturated rings. The Hall–Kier alpha value is -0.870.